The Morgan fingerprint density at radius 2 is 2.21 bits per heavy atom. The molecule has 0 saturated carbocycles. The van der Waals surface area contributed by atoms with Crippen molar-refractivity contribution in [2.75, 3.05) is 36.5 Å². The van der Waals surface area contributed by atoms with Crippen molar-refractivity contribution >= 4 is 38.5 Å². The molecule has 1 N–H and O–H groups in total. The highest BCUT2D eigenvalue weighted by Gasteiger charge is 2.24. The number of nitrogens with one attached hydrogen (secondary N) is 1. The fourth-order valence-corrected chi connectivity index (χ4v) is 3.99. The van der Waals surface area contributed by atoms with Crippen LogP contribution in [0.2, 0.25) is 0 Å². The highest BCUT2D eigenvalue weighted by atomic mass is 32.1. The number of nitrogens with zero attached hydrogens (tertiary/aromatic N) is 3. The van der Waals surface area contributed by atoms with Crippen molar-refractivity contribution < 1.29 is 14.3 Å². The molecule has 2 aromatic carbocycles. The van der Waals surface area contributed by atoms with E-state index in [1.54, 1.807) is 35.6 Å². The molecule has 0 bridgehead atoms. The van der Waals surface area contributed by atoms with Crippen LogP contribution >= 0.6 is 11.3 Å². The van der Waals surface area contributed by atoms with Crippen molar-refractivity contribution in [3.05, 3.63) is 54.1 Å². The lowest BCUT2D eigenvalue weighted by molar-refractivity contribution is 0.0444. The zero-order valence-electron chi connectivity index (χ0n) is 15.0. The number of amides is 1. The molecule has 0 spiro atoms. The summed E-state index contributed by atoms with van der Waals surface area (Å²) < 4.78 is 12.3. The summed E-state index contributed by atoms with van der Waals surface area (Å²) in [6.07, 6.45) is -0.997. The Bertz CT molecular complexity index is 996. The van der Waals surface area contributed by atoms with E-state index in [2.05, 4.69) is 15.2 Å². The van der Waals surface area contributed by atoms with Gasteiger partial charge in [0.25, 0.3) is 0 Å². The predicted octanol–water partition coefficient (Wildman–Crippen LogP) is 3.62. The summed E-state index contributed by atoms with van der Waals surface area (Å²) >= 11 is 1.61. The van der Waals surface area contributed by atoms with Gasteiger partial charge in [0.1, 0.15) is 6.10 Å². The Labute approximate surface area is 166 Å². The van der Waals surface area contributed by atoms with Crippen molar-refractivity contribution in [2.45, 2.75) is 6.10 Å². The minimum Gasteiger partial charge on any atom is -0.442 e. The first-order valence-corrected chi connectivity index (χ1v) is 9.69. The lowest BCUT2D eigenvalue weighted by Gasteiger charge is -2.22. The lowest BCUT2D eigenvalue weighted by Crippen LogP contribution is -2.36. The SMILES string of the molecule is N#Cc1cccc(NC(=O)O[C@H]2COCCN(c3nc4ccccc4s3)C2)c1. The Morgan fingerprint density at radius 3 is 3.07 bits per heavy atom. The summed E-state index contributed by atoms with van der Waals surface area (Å²) in [5.74, 6) is 0. The average molecular weight is 394 g/mol. The topological polar surface area (TPSA) is 87.5 Å². The first-order valence-electron chi connectivity index (χ1n) is 8.87. The molecule has 7 nitrogen and oxygen atoms in total. The summed E-state index contributed by atoms with van der Waals surface area (Å²) in [5, 5.41) is 12.5. The average Bonchev–Trinajstić information content (AvgIpc) is 3.01. The molecule has 28 heavy (non-hydrogen) atoms. The second-order valence-electron chi connectivity index (χ2n) is 6.33. The van der Waals surface area contributed by atoms with E-state index >= 15 is 0 Å². The number of benzene rings is 2. The van der Waals surface area contributed by atoms with E-state index in [0.717, 1.165) is 15.3 Å². The Morgan fingerprint density at radius 1 is 1.32 bits per heavy atom. The molecule has 4 rings (SSSR count). The van der Waals surface area contributed by atoms with E-state index in [1.165, 1.54) is 0 Å². The van der Waals surface area contributed by atoms with Crippen LogP contribution in [-0.2, 0) is 9.47 Å². The number of hydrogen-bond donors (Lipinski definition) is 1. The molecule has 142 valence electrons. The summed E-state index contributed by atoms with van der Waals surface area (Å²) in [6, 6.07) is 16.7. The monoisotopic (exact) mass is 394 g/mol. The molecule has 3 aromatic rings. The summed E-state index contributed by atoms with van der Waals surface area (Å²) in [5.41, 5.74) is 1.94. The molecule has 0 radical (unpaired) electrons. The second-order valence-corrected chi connectivity index (χ2v) is 7.34. The van der Waals surface area contributed by atoms with Crippen LogP contribution < -0.4 is 10.2 Å². The molecule has 0 unspecified atom stereocenters. The van der Waals surface area contributed by atoms with Gasteiger partial charge in [-0.25, -0.2) is 9.78 Å². The molecule has 1 aliphatic heterocycles. The van der Waals surface area contributed by atoms with Gasteiger partial charge in [-0.2, -0.15) is 5.26 Å². The molecule has 8 heteroatoms. The molecule has 1 amide bonds. The summed E-state index contributed by atoms with van der Waals surface area (Å²) in [7, 11) is 0. The van der Waals surface area contributed by atoms with Crippen LogP contribution in [-0.4, -0.2) is 43.5 Å². The van der Waals surface area contributed by atoms with Gasteiger partial charge in [0, 0.05) is 12.2 Å². The number of rotatable bonds is 3. The maximum Gasteiger partial charge on any atom is 0.412 e. The standard InChI is InChI=1S/C20H18N4O3S/c21-11-14-4-3-5-15(10-14)22-20(25)27-16-12-24(8-9-26-13-16)19-23-17-6-1-2-7-18(17)28-19/h1-7,10,16H,8-9,12-13H2,(H,22,25)/t16-/m1/s1. The molecular weight excluding hydrogens is 376 g/mol. The number of ether oxygens (including phenoxy) is 2. The van der Waals surface area contributed by atoms with Crippen LogP contribution in [0, 0.1) is 11.3 Å². The van der Waals surface area contributed by atoms with Crippen molar-refractivity contribution in [1.82, 2.24) is 4.98 Å². The maximum atomic E-state index is 12.3. The number of carbonyl (C=O) groups is 1. The predicted molar refractivity (Wildman–Crippen MR) is 108 cm³/mol. The van der Waals surface area contributed by atoms with E-state index < -0.39 is 12.2 Å². The number of anilines is 2. The van der Waals surface area contributed by atoms with Crippen molar-refractivity contribution in [1.29, 1.82) is 5.26 Å². The highest BCUT2D eigenvalue weighted by Crippen LogP contribution is 2.29. The Kier molecular flexibility index (Phi) is 5.37. The van der Waals surface area contributed by atoms with E-state index in [-0.39, 0.29) is 0 Å². The second kappa shape index (κ2) is 8.25. The summed E-state index contributed by atoms with van der Waals surface area (Å²) in [6.45, 7) is 2.06. The van der Waals surface area contributed by atoms with Gasteiger partial charge in [0.2, 0.25) is 0 Å². The van der Waals surface area contributed by atoms with Gasteiger partial charge in [-0.05, 0) is 30.3 Å². The fourth-order valence-electron chi connectivity index (χ4n) is 2.98. The van der Waals surface area contributed by atoms with Crippen molar-refractivity contribution in [2.24, 2.45) is 0 Å². The molecule has 0 aliphatic carbocycles. The Balaban J connectivity index is 1.42. The maximum absolute atomic E-state index is 12.3. The van der Waals surface area contributed by atoms with Gasteiger partial charge in [-0.15, -0.1) is 0 Å². The number of nitriles is 1. The van der Waals surface area contributed by atoms with Crippen LogP contribution in [0.25, 0.3) is 10.2 Å². The van der Waals surface area contributed by atoms with Crippen LogP contribution in [0.3, 0.4) is 0 Å². The third-order valence-electron chi connectivity index (χ3n) is 4.30. The van der Waals surface area contributed by atoms with Gasteiger partial charge in [-0.3, -0.25) is 5.32 Å². The molecule has 1 atom stereocenters. The van der Waals surface area contributed by atoms with Crippen LogP contribution in [0.5, 0.6) is 0 Å². The normalized spacial score (nSPS) is 17.0. The molecule has 1 aliphatic rings. The first-order chi connectivity index (χ1) is 13.7. The number of thiazole rings is 1. The number of hydrogen-bond acceptors (Lipinski definition) is 7. The third kappa shape index (κ3) is 4.22. The van der Waals surface area contributed by atoms with Gasteiger partial charge >= 0.3 is 6.09 Å². The van der Waals surface area contributed by atoms with Gasteiger partial charge < -0.3 is 14.4 Å². The molecule has 1 saturated heterocycles. The van der Waals surface area contributed by atoms with Gasteiger partial charge in [-0.1, -0.05) is 29.5 Å². The van der Waals surface area contributed by atoms with E-state index in [1.807, 2.05) is 30.3 Å². The number of carbonyl (C=O) groups excluding carboxylic acids is 1. The van der Waals surface area contributed by atoms with E-state index in [4.69, 9.17) is 14.7 Å². The minimum atomic E-state index is -0.574. The number of fused-ring (bicyclic) bond motifs is 1. The zero-order valence-corrected chi connectivity index (χ0v) is 15.8. The quantitative estimate of drug-likeness (QED) is 0.730. The number of para-hydroxylation sites is 1. The number of aromatic nitrogens is 1. The first kappa shape index (κ1) is 18.2. The van der Waals surface area contributed by atoms with Gasteiger partial charge in [0.15, 0.2) is 5.13 Å². The van der Waals surface area contributed by atoms with E-state index in [0.29, 0.717) is 37.6 Å². The smallest absolute Gasteiger partial charge is 0.412 e. The highest BCUT2D eigenvalue weighted by molar-refractivity contribution is 7.22. The fraction of sp³-hybridized carbons (Fsp3) is 0.250. The minimum absolute atomic E-state index is 0.326. The molecular formula is C20H18N4O3S. The van der Waals surface area contributed by atoms with Crippen LogP contribution in [0.4, 0.5) is 15.6 Å². The largest absolute Gasteiger partial charge is 0.442 e. The summed E-state index contributed by atoms with van der Waals surface area (Å²) in [4.78, 5) is 19.0. The van der Waals surface area contributed by atoms with Crippen molar-refractivity contribution in [3.63, 3.8) is 0 Å². The zero-order chi connectivity index (χ0) is 19.3. The third-order valence-corrected chi connectivity index (χ3v) is 5.40. The van der Waals surface area contributed by atoms with Crippen LogP contribution in [0.15, 0.2) is 48.5 Å². The van der Waals surface area contributed by atoms with Gasteiger partial charge in [0.05, 0.1) is 41.6 Å². The van der Waals surface area contributed by atoms with E-state index in [9.17, 15) is 4.79 Å². The molecule has 2 heterocycles. The molecule has 1 aromatic heterocycles. The van der Waals surface area contributed by atoms with Crippen LogP contribution in [0.1, 0.15) is 5.56 Å². The lowest BCUT2D eigenvalue weighted by atomic mass is 10.2. The Hall–Kier alpha value is -3.15. The van der Waals surface area contributed by atoms with Crippen molar-refractivity contribution in [3.8, 4) is 6.07 Å². The molecule has 1 fully saturated rings.